The maximum atomic E-state index is 12.4. The number of carbonyl (C=O) groups excluding carboxylic acids is 1. The van der Waals surface area contributed by atoms with Gasteiger partial charge in [-0.1, -0.05) is 13.8 Å². The molecule has 4 heteroatoms. The van der Waals surface area contributed by atoms with Crippen LogP contribution in [-0.4, -0.2) is 38.3 Å². The Morgan fingerprint density at radius 1 is 1.28 bits per heavy atom. The summed E-state index contributed by atoms with van der Waals surface area (Å²) in [5.41, 5.74) is -0.240. The minimum atomic E-state index is -0.599. The highest BCUT2D eigenvalue weighted by molar-refractivity contribution is 5.85. The van der Waals surface area contributed by atoms with Crippen molar-refractivity contribution in [2.24, 2.45) is 11.3 Å². The van der Waals surface area contributed by atoms with Crippen LogP contribution in [0.5, 0.6) is 0 Å². The van der Waals surface area contributed by atoms with Crippen LogP contribution < -0.4 is 10.6 Å². The van der Waals surface area contributed by atoms with Crippen molar-refractivity contribution in [3.05, 3.63) is 0 Å². The van der Waals surface area contributed by atoms with Gasteiger partial charge in [-0.25, -0.2) is 0 Å². The molecule has 0 aromatic rings. The van der Waals surface area contributed by atoms with Crippen molar-refractivity contribution < 1.29 is 9.53 Å². The Balaban J connectivity index is 1.90. The van der Waals surface area contributed by atoms with Gasteiger partial charge in [-0.05, 0) is 50.1 Å². The van der Waals surface area contributed by atoms with E-state index >= 15 is 0 Å². The molecular formula is C14H26N2O2. The molecule has 2 rings (SSSR count). The lowest BCUT2D eigenvalue weighted by Crippen LogP contribution is -2.55. The van der Waals surface area contributed by atoms with E-state index in [4.69, 9.17) is 4.74 Å². The molecule has 1 aliphatic carbocycles. The van der Waals surface area contributed by atoms with Gasteiger partial charge in [0.05, 0.1) is 0 Å². The van der Waals surface area contributed by atoms with Crippen molar-refractivity contribution in [1.29, 1.82) is 0 Å². The maximum absolute atomic E-state index is 12.4. The zero-order chi connectivity index (χ0) is 13.2. The molecule has 2 aliphatic rings. The molecule has 0 aromatic heterocycles. The summed E-state index contributed by atoms with van der Waals surface area (Å²) in [6, 6.07) is 0. The van der Waals surface area contributed by atoms with Crippen molar-refractivity contribution in [3.8, 4) is 0 Å². The number of methoxy groups -OCH3 is 1. The average molecular weight is 254 g/mol. The van der Waals surface area contributed by atoms with Crippen LogP contribution in [0.2, 0.25) is 0 Å². The molecule has 2 N–H and O–H groups in total. The Morgan fingerprint density at radius 2 is 1.89 bits per heavy atom. The summed E-state index contributed by atoms with van der Waals surface area (Å²) in [6.45, 7) is 7.01. The zero-order valence-corrected chi connectivity index (χ0v) is 11.8. The Labute approximate surface area is 110 Å². The highest BCUT2D eigenvalue weighted by atomic mass is 16.5. The Hall–Kier alpha value is -0.610. The third kappa shape index (κ3) is 2.54. The lowest BCUT2D eigenvalue weighted by Gasteiger charge is -2.35. The molecule has 1 amide bonds. The van der Waals surface area contributed by atoms with Gasteiger partial charge in [0.2, 0.25) is 0 Å². The first kappa shape index (κ1) is 13.8. The molecule has 1 saturated heterocycles. The first-order chi connectivity index (χ1) is 8.55. The topological polar surface area (TPSA) is 50.4 Å². The van der Waals surface area contributed by atoms with E-state index in [9.17, 15) is 4.79 Å². The summed E-state index contributed by atoms with van der Waals surface area (Å²) < 4.78 is 5.53. The summed E-state index contributed by atoms with van der Waals surface area (Å²) in [5, 5.41) is 6.41. The summed E-state index contributed by atoms with van der Waals surface area (Å²) in [7, 11) is 1.65. The highest BCUT2D eigenvalue weighted by Crippen LogP contribution is 2.51. The first-order valence-electron chi connectivity index (χ1n) is 7.09. The van der Waals surface area contributed by atoms with Crippen molar-refractivity contribution in [1.82, 2.24) is 10.6 Å². The van der Waals surface area contributed by atoms with Crippen molar-refractivity contribution >= 4 is 5.91 Å². The second-order valence-corrected chi connectivity index (χ2v) is 6.15. The van der Waals surface area contributed by atoms with E-state index in [-0.39, 0.29) is 5.91 Å². The molecule has 18 heavy (non-hydrogen) atoms. The smallest absolute Gasteiger partial charge is 0.252 e. The standard InChI is InChI=1S/C14H26N2O2/c1-11(2)13(4-5-13)10-16-12(17)14(18-3)6-8-15-9-7-14/h11,15H,4-10H2,1-3H3,(H,16,17). The minimum absolute atomic E-state index is 0.0819. The van der Waals surface area contributed by atoms with Crippen LogP contribution in [0.4, 0.5) is 0 Å². The van der Waals surface area contributed by atoms with Crippen LogP contribution in [-0.2, 0) is 9.53 Å². The number of piperidine rings is 1. The predicted molar refractivity (Wildman–Crippen MR) is 71.4 cm³/mol. The normalized spacial score (nSPS) is 24.9. The van der Waals surface area contributed by atoms with E-state index in [0.717, 1.165) is 32.5 Å². The van der Waals surface area contributed by atoms with E-state index in [0.29, 0.717) is 11.3 Å². The van der Waals surface area contributed by atoms with Gasteiger partial charge in [-0.15, -0.1) is 0 Å². The summed E-state index contributed by atoms with van der Waals surface area (Å²) in [6.07, 6.45) is 4.02. The fraction of sp³-hybridized carbons (Fsp3) is 0.929. The Morgan fingerprint density at radius 3 is 2.33 bits per heavy atom. The second-order valence-electron chi connectivity index (χ2n) is 6.15. The molecule has 0 spiro atoms. The monoisotopic (exact) mass is 254 g/mol. The van der Waals surface area contributed by atoms with Gasteiger partial charge in [0.15, 0.2) is 0 Å². The van der Waals surface area contributed by atoms with Crippen LogP contribution in [0.1, 0.15) is 39.5 Å². The van der Waals surface area contributed by atoms with Crippen LogP contribution in [0.25, 0.3) is 0 Å². The molecule has 1 saturated carbocycles. The maximum Gasteiger partial charge on any atom is 0.252 e. The van der Waals surface area contributed by atoms with E-state index in [2.05, 4.69) is 24.5 Å². The second kappa shape index (κ2) is 5.17. The third-order valence-electron chi connectivity index (χ3n) is 4.93. The highest BCUT2D eigenvalue weighted by Gasteiger charge is 2.47. The lowest BCUT2D eigenvalue weighted by molar-refractivity contribution is -0.147. The van der Waals surface area contributed by atoms with E-state index < -0.39 is 5.60 Å². The van der Waals surface area contributed by atoms with Crippen LogP contribution >= 0.6 is 0 Å². The van der Waals surface area contributed by atoms with Gasteiger partial charge < -0.3 is 15.4 Å². The number of hydrogen-bond acceptors (Lipinski definition) is 3. The SMILES string of the molecule is COC1(C(=O)NCC2(C(C)C)CC2)CCNCC1. The number of ether oxygens (including phenoxy) is 1. The van der Waals surface area contributed by atoms with E-state index in [1.54, 1.807) is 7.11 Å². The molecule has 0 atom stereocenters. The molecule has 0 radical (unpaired) electrons. The summed E-state index contributed by atoms with van der Waals surface area (Å²) in [4.78, 5) is 12.4. The fourth-order valence-electron chi connectivity index (χ4n) is 2.89. The predicted octanol–water partition coefficient (Wildman–Crippen LogP) is 1.31. The molecular weight excluding hydrogens is 228 g/mol. The number of hydrogen-bond donors (Lipinski definition) is 2. The van der Waals surface area contributed by atoms with Crippen molar-refractivity contribution in [2.45, 2.75) is 45.1 Å². The van der Waals surface area contributed by atoms with Crippen molar-refractivity contribution in [2.75, 3.05) is 26.7 Å². The van der Waals surface area contributed by atoms with Crippen LogP contribution in [0.3, 0.4) is 0 Å². The summed E-state index contributed by atoms with van der Waals surface area (Å²) >= 11 is 0. The molecule has 1 heterocycles. The molecule has 0 aromatic carbocycles. The van der Waals surface area contributed by atoms with Crippen LogP contribution in [0.15, 0.2) is 0 Å². The molecule has 0 unspecified atom stereocenters. The quantitative estimate of drug-likeness (QED) is 0.777. The largest absolute Gasteiger partial charge is 0.368 e. The number of carbonyl (C=O) groups is 1. The number of amides is 1. The van der Waals surface area contributed by atoms with Crippen molar-refractivity contribution in [3.63, 3.8) is 0 Å². The molecule has 4 nitrogen and oxygen atoms in total. The number of nitrogens with one attached hydrogen (secondary N) is 2. The van der Waals surface area contributed by atoms with Gasteiger partial charge in [-0.3, -0.25) is 4.79 Å². The Kier molecular flexibility index (Phi) is 3.97. The Bertz CT molecular complexity index is 305. The molecule has 1 aliphatic heterocycles. The van der Waals surface area contributed by atoms with Gasteiger partial charge in [0.1, 0.15) is 5.60 Å². The van der Waals surface area contributed by atoms with E-state index in [1.807, 2.05) is 0 Å². The van der Waals surface area contributed by atoms with Gasteiger partial charge in [-0.2, -0.15) is 0 Å². The summed E-state index contributed by atoms with van der Waals surface area (Å²) in [5.74, 6) is 0.725. The zero-order valence-electron chi connectivity index (χ0n) is 11.8. The average Bonchev–Trinajstić information content (AvgIpc) is 3.18. The number of rotatable bonds is 5. The third-order valence-corrected chi connectivity index (χ3v) is 4.93. The fourth-order valence-corrected chi connectivity index (χ4v) is 2.89. The van der Waals surface area contributed by atoms with Gasteiger partial charge in [0.25, 0.3) is 5.91 Å². The molecule has 2 fully saturated rings. The van der Waals surface area contributed by atoms with Crippen LogP contribution in [0, 0.1) is 11.3 Å². The minimum Gasteiger partial charge on any atom is -0.368 e. The van der Waals surface area contributed by atoms with Gasteiger partial charge >= 0.3 is 0 Å². The van der Waals surface area contributed by atoms with Gasteiger partial charge in [0, 0.05) is 13.7 Å². The first-order valence-corrected chi connectivity index (χ1v) is 7.09. The molecule has 104 valence electrons. The van der Waals surface area contributed by atoms with E-state index in [1.165, 1.54) is 12.8 Å². The lowest BCUT2D eigenvalue weighted by atomic mass is 9.89. The molecule has 0 bridgehead atoms.